The third kappa shape index (κ3) is 3.58. The van der Waals surface area contributed by atoms with Gasteiger partial charge in [-0.3, -0.25) is 0 Å². The molecule has 1 heterocycles. The summed E-state index contributed by atoms with van der Waals surface area (Å²) in [5.74, 6) is 0.839. The maximum atomic E-state index is 5.82. The molecule has 2 aliphatic rings. The number of ether oxygens (including phenoxy) is 1. The molecular formula is C17H25NO. The van der Waals surface area contributed by atoms with E-state index in [1.165, 1.54) is 43.2 Å². The third-order valence-corrected chi connectivity index (χ3v) is 4.37. The van der Waals surface area contributed by atoms with E-state index >= 15 is 0 Å². The molecule has 1 aromatic carbocycles. The number of hydrogen-bond donors (Lipinski definition) is 1. The van der Waals surface area contributed by atoms with Crippen molar-refractivity contribution < 1.29 is 4.74 Å². The van der Waals surface area contributed by atoms with Crippen LogP contribution < -0.4 is 5.32 Å². The van der Waals surface area contributed by atoms with Gasteiger partial charge >= 0.3 is 0 Å². The zero-order chi connectivity index (χ0) is 13.1. The van der Waals surface area contributed by atoms with E-state index in [0.717, 1.165) is 19.1 Å². The molecular weight excluding hydrogens is 234 g/mol. The number of hydrogen-bond acceptors (Lipinski definition) is 2. The van der Waals surface area contributed by atoms with Crippen LogP contribution in [0.15, 0.2) is 24.3 Å². The van der Waals surface area contributed by atoms with Gasteiger partial charge in [0.1, 0.15) is 0 Å². The minimum atomic E-state index is 0.431. The second kappa shape index (κ2) is 6.06. The van der Waals surface area contributed by atoms with Gasteiger partial charge in [0.05, 0.1) is 6.10 Å². The van der Waals surface area contributed by atoms with Gasteiger partial charge in [0.25, 0.3) is 0 Å². The summed E-state index contributed by atoms with van der Waals surface area (Å²) < 4.78 is 5.82. The minimum Gasteiger partial charge on any atom is -0.377 e. The molecule has 2 nitrogen and oxygen atoms in total. The predicted molar refractivity (Wildman–Crippen MR) is 78.2 cm³/mol. The van der Waals surface area contributed by atoms with E-state index in [2.05, 4.69) is 36.5 Å². The van der Waals surface area contributed by atoms with Crippen LogP contribution in [0.3, 0.4) is 0 Å². The monoisotopic (exact) mass is 259 g/mol. The highest BCUT2D eigenvalue weighted by Gasteiger charge is 2.32. The van der Waals surface area contributed by atoms with Crippen molar-refractivity contribution in [3.63, 3.8) is 0 Å². The maximum Gasteiger partial charge on any atom is 0.0699 e. The topological polar surface area (TPSA) is 21.3 Å². The molecule has 19 heavy (non-hydrogen) atoms. The van der Waals surface area contributed by atoms with Gasteiger partial charge < -0.3 is 10.1 Å². The molecule has 1 aliphatic heterocycles. The van der Waals surface area contributed by atoms with Crippen molar-refractivity contribution in [3.05, 3.63) is 35.4 Å². The summed E-state index contributed by atoms with van der Waals surface area (Å²) in [5.41, 5.74) is 2.79. The first-order chi connectivity index (χ1) is 9.33. The summed E-state index contributed by atoms with van der Waals surface area (Å²) in [6.45, 7) is 4.11. The lowest BCUT2D eigenvalue weighted by atomic mass is 10.0. The SMILES string of the molecule is Cc1ccc([C@@H](NC[C@@H]2CCCCO2)C2CC2)cc1. The lowest BCUT2D eigenvalue weighted by molar-refractivity contribution is 0.0149. The molecule has 0 amide bonds. The van der Waals surface area contributed by atoms with Crippen LogP contribution in [0.25, 0.3) is 0 Å². The summed E-state index contributed by atoms with van der Waals surface area (Å²) in [6, 6.07) is 9.55. The molecule has 0 spiro atoms. The van der Waals surface area contributed by atoms with Crippen LogP contribution in [-0.4, -0.2) is 19.3 Å². The largest absolute Gasteiger partial charge is 0.377 e. The first-order valence-electron chi connectivity index (χ1n) is 7.74. The van der Waals surface area contributed by atoms with Crippen molar-refractivity contribution >= 4 is 0 Å². The van der Waals surface area contributed by atoms with Gasteiger partial charge in [-0.2, -0.15) is 0 Å². The average molecular weight is 259 g/mol. The van der Waals surface area contributed by atoms with Gasteiger partial charge in [-0.05, 0) is 50.5 Å². The zero-order valence-corrected chi connectivity index (χ0v) is 11.9. The third-order valence-electron chi connectivity index (χ3n) is 4.37. The average Bonchev–Trinajstić information content (AvgIpc) is 3.27. The van der Waals surface area contributed by atoms with Crippen molar-refractivity contribution in [2.24, 2.45) is 5.92 Å². The first-order valence-corrected chi connectivity index (χ1v) is 7.74. The van der Waals surface area contributed by atoms with Crippen LogP contribution in [0.5, 0.6) is 0 Å². The van der Waals surface area contributed by atoms with Crippen LogP contribution in [0.4, 0.5) is 0 Å². The van der Waals surface area contributed by atoms with E-state index in [1.807, 2.05) is 0 Å². The Morgan fingerprint density at radius 2 is 1.95 bits per heavy atom. The lowest BCUT2D eigenvalue weighted by Gasteiger charge is -2.26. The Morgan fingerprint density at radius 3 is 2.58 bits per heavy atom. The molecule has 1 aromatic rings. The van der Waals surface area contributed by atoms with Crippen LogP contribution in [0.1, 0.15) is 49.3 Å². The Balaban J connectivity index is 1.59. The fraction of sp³-hybridized carbons (Fsp3) is 0.647. The van der Waals surface area contributed by atoms with Crippen LogP contribution >= 0.6 is 0 Å². The lowest BCUT2D eigenvalue weighted by Crippen LogP contribution is -2.34. The van der Waals surface area contributed by atoms with Crippen LogP contribution in [-0.2, 0) is 4.74 Å². The number of aryl methyl sites for hydroxylation is 1. The molecule has 0 unspecified atom stereocenters. The molecule has 0 aromatic heterocycles. The Kier molecular flexibility index (Phi) is 4.19. The number of benzene rings is 1. The second-order valence-electron chi connectivity index (χ2n) is 6.12. The molecule has 2 atom stereocenters. The molecule has 1 aliphatic carbocycles. The second-order valence-corrected chi connectivity index (χ2v) is 6.12. The van der Waals surface area contributed by atoms with Crippen molar-refractivity contribution in [3.8, 4) is 0 Å². The Hall–Kier alpha value is -0.860. The van der Waals surface area contributed by atoms with E-state index in [9.17, 15) is 0 Å². The highest BCUT2D eigenvalue weighted by molar-refractivity contribution is 5.25. The van der Waals surface area contributed by atoms with Crippen molar-refractivity contribution in [1.82, 2.24) is 5.32 Å². The number of nitrogens with one attached hydrogen (secondary N) is 1. The van der Waals surface area contributed by atoms with Crippen LogP contribution in [0, 0.1) is 12.8 Å². The molecule has 104 valence electrons. The van der Waals surface area contributed by atoms with Crippen molar-refractivity contribution in [1.29, 1.82) is 0 Å². The summed E-state index contributed by atoms with van der Waals surface area (Å²) >= 11 is 0. The highest BCUT2D eigenvalue weighted by Crippen LogP contribution is 2.41. The first kappa shape index (κ1) is 13.1. The predicted octanol–water partition coefficient (Wildman–Crippen LogP) is 3.60. The summed E-state index contributed by atoms with van der Waals surface area (Å²) in [7, 11) is 0. The Morgan fingerprint density at radius 1 is 1.16 bits per heavy atom. The maximum absolute atomic E-state index is 5.82. The number of rotatable bonds is 5. The van der Waals surface area contributed by atoms with Crippen molar-refractivity contribution in [2.75, 3.05) is 13.2 Å². The molecule has 0 radical (unpaired) electrons. The molecule has 2 heteroatoms. The molecule has 1 saturated heterocycles. The Bertz CT molecular complexity index is 390. The standard InChI is InChI=1S/C17H25NO/c1-13-5-7-14(8-6-13)17(15-9-10-15)18-12-16-4-2-3-11-19-16/h5-8,15-18H,2-4,9-12H2,1H3/t16-,17+/m0/s1. The van der Waals surface area contributed by atoms with E-state index in [4.69, 9.17) is 4.74 Å². The summed E-state index contributed by atoms with van der Waals surface area (Å²) in [6.07, 6.45) is 6.96. The summed E-state index contributed by atoms with van der Waals surface area (Å²) in [5, 5.41) is 3.76. The van der Waals surface area contributed by atoms with Gasteiger partial charge in [-0.1, -0.05) is 29.8 Å². The fourth-order valence-corrected chi connectivity index (χ4v) is 2.99. The van der Waals surface area contributed by atoms with Gasteiger partial charge in [0.2, 0.25) is 0 Å². The molecule has 0 bridgehead atoms. The normalized spacial score (nSPS) is 25.2. The molecule has 2 fully saturated rings. The van der Waals surface area contributed by atoms with Gasteiger partial charge in [-0.25, -0.2) is 0 Å². The van der Waals surface area contributed by atoms with Crippen molar-refractivity contribution in [2.45, 2.75) is 51.2 Å². The molecule has 1 saturated carbocycles. The highest BCUT2D eigenvalue weighted by atomic mass is 16.5. The summed E-state index contributed by atoms with van der Waals surface area (Å²) in [4.78, 5) is 0. The van der Waals surface area contributed by atoms with E-state index < -0.39 is 0 Å². The van der Waals surface area contributed by atoms with Gasteiger partial charge in [0.15, 0.2) is 0 Å². The van der Waals surface area contributed by atoms with E-state index in [-0.39, 0.29) is 0 Å². The van der Waals surface area contributed by atoms with Gasteiger partial charge in [0, 0.05) is 19.2 Å². The smallest absolute Gasteiger partial charge is 0.0699 e. The Labute approximate surface area is 116 Å². The van der Waals surface area contributed by atoms with Gasteiger partial charge in [-0.15, -0.1) is 0 Å². The fourth-order valence-electron chi connectivity index (χ4n) is 2.99. The quantitative estimate of drug-likeness (QED) is 0.872. The minimum absolute atomic E-state index is 0.431. The van der Waals surface area contributed by atoms with Crippen LogP contribution in [0.2, 0.25) is 0 Å². The molecule has 1 N–H and O–H groups in total. The zero-order valence-electron chi connectivity index (χ0n) is 11.9. The van der Waals surface area contributed by atoms with E-state index in [0.29, 0.717) is 12.1 Å². The van der Waals surface area contributed by atoms with E-state index in [1.54, 1.807) is 0 Å². The molecule has 3 rings (SSSR count).